The molecule has 0 aliphatic carbocycles. The van der Waals surface area contributed by atoms with Crippen molar-refractivity contribution in [3.05, 3.63) is 96.8 Å². The topological polar surface area (TPSA) is 99.1 Å². The minimum Gasteiger partial charge on any atom is -0.399 e. The molecule has 0 saturated heterocycles. The number of nitrogens with zero attached hydrogens (tertiary/aromatic N) is 1. The Kier molecular flexibility index (Phi) is 9.53. The van der Waals surface area contributed by atoms with Crippen LogP contribution in [-0.2, 0) is 4.79 Å². The third kappa shape index (κ3) is 6.61. The first-order chi connectivity index (χ1) is 16.0. The van der Waals surface area contributed by atoms with Crippen molar-refractivity contribution >= 4 is 17.9 Å². The fraction of sp³-hybridized carbons (Fsp3) is 0.107. The lowest BCUT2D eigenvalue weighted by molar-refractivity contribution is -0.106. The van der Waals surface area contributed by atoms with E-state index in [2.05, 4.69) is 28.9 Å². The first-order valence-electron chi connectivity index (χ1n) is 10.7. The SMILES string of the molecule is CC.CC(=O)c1ccc(-c2cccc(N)c2)cc1-c1cncc(-c2ccccc2)c1.NC=O. The van der Waals surface area contributed by atoms with Crippen molar-refractivity contribution < 1.29 is 9.59 Å². The van der Waals surface area contributed by atoms with Gasteiger partial charge in [0.15, 0.2) is 5.78 Å². The standard InChI is InChI=1S/C25H20N2O.C2H6.CH3NO/c1-17(28)24-11-10-20(19-8-5-9-23(26)13-19)14-25(24)22-12-21(15-27-16-22)18-6-3-2-4-7-18;1-2;2-1-3/h2-16H,26H2,1H3;1-2H3;1H,(H2,2,3). The molecule has 1 amide bonds. The van der Waals surface area contributed by atoms with E-state index >= 15 is 0 Å². The van der Waals surface area contributed by atoms with E-state index in [1.165, 1.54) is 0 Å². The van der Waals surface area contributed by atoms with Gasteiger partial charge in [-0.1, -0.05) is 68.4 Å². The number of Topliss-reactive ketones (excluding diaryl/α,β-unsaturated/α-hetero) is 1. The molecular formula is C28H29N3O2. The molecule has 5 nitrogen and oxygen atoms in total. The van der Waals surface area contributed by atoms with Gasteiger partial charge in [0, 0.05) is 34.8 Å². The fourth-order valence-corrected chi connectivity index (χ4v) is 3.36. The van der Waals surface area contributed by atoms with Gasteiger partial charge in [0.2, 0.25) is 6.41 Å². The molecule has 0 radical (unpaired) electrons. The van der Waals surface area contributed by atoms with Crippen LogP contribution < -0.4 is 11.5 Å². The molecule has 0 aliphatic heterocycles. The van der Waals surface area contributed by atoms with Crippen LogP contribution in [0.4, 0.5) is 5.69 Å². The van der Waals surface area contributed by atoms with Gasteiger partial charge in [-0.25, -0.2) is 0 Å². The number of rotatable bonds is 4. The van der Waals surface area contributed by atoms with Gasteiger partial charge in [0.05, 0.1) is 0 Å². The highest BCUT2D eigenvalue weighted by Gasteiger charge is 2.13. The van der Waals surface area contributed by atoms with Crippen LogP contribution in [0.5, 0.6) is 0 Å². The minimum atomic E-state index is 0.0271. The molecule has 4 N–H and O–H groups in total. The highest BCUT2D eigenvalue weighted by molar-refractivity contribution is 6.02. The summed E-state index contributed by atoms with van der Waals surface area (Å²) in [6, 6.07) is 25.8. The van der Waals surface area contributed by atoms with Crippen LogP contribution in [0.2, 0.25) is 0 Å². The third-order valence-electron chi connectivity index (χ3n) is 4.78. The Morgan fingerprint density at radius 2 is 1.36 bits per heavy atom. The fourth-order valence-electron chi connectivity index (χ4n) is 3.36. The molecule has 0 atom stereocenters. The third-order valence-corrected chi connectivity index (χ3v) is 4.78. The van der Waals surface area contributed by atoms with E-state index in [1.807, 2.05) is 80.7 Å². The molecule has 0 unspecified atom stereocenters. The Morgan fingerprint density at radius 1 is 0.758 bits per heavy atom. The molecule has 0 bridgehead atoms. The molecule has 5 heteroatoms. The Bertz CT molecular complexity index is 1200. The normalized spacial score (nSPS) is 9.55. The van der Waals surface area contributed by atoms with Crippen molar-refractivity contribution in [2.24, 2.45) is 5.73 Å². The zero-order valence-electron chi connectivity index (χ0n) is 19.2. The summed E-state index contributed by atoms with van der Waals surface area (Å²) in [7, 11) is 0. The number of aromatic nitrogens is 1. The Hall–Kier alpha value is -4.25. The number of carbonyl (C=O) groups is 2. The van der Waals surface area contributed by atoms with Crippen molar-refractivity contribution in [1.29, 1.82) is 0 Å². The zero-order chi connectivity index (χ0) is 24.2. The summed E-state index contributed by atoms with van der Waals surface area (Å²) in [4.78, 5) is 25.3. The van der Waals surface area contributed by atoms with Crippen LogP contribution in [0, 0.1) is 0 Å². The Morgan fingerprint density at radius 3 is 2.00 bits per heavy atom. The molecule has 0 aliphatic rings. The number of carbonyl (C=O) groups excluding carboxylic acids is 2. The highest BCUT2D eigenvalue weighted by atomic mass is 16.1. The van der Waals surface area contributed by atoms with Gasteiger partial charge < -0.3 is 11.5 Å². The second kappa shape index (κ2) is 12.6. The molecule has 0 saturated carbocycles. The van der Waals surface area contributed by atoms with Crippen molar-refractivity contribution in [2.45, 2.75) is 20.8 Å². The maximum atomic E-state index is 12.3. The summed E-state index contributed by atoms with van der Waals surface area (Å²) >= 11 is 0. The van der Waals surface area contributed by atoms with Gasteiger partial charge in [-0.05, 0) is 53.4 Å². The van der Waals surface area contributed by atoms with E-state index in [1.54, 1.807) is 13.1 Å². The molecule has 4 aromatic rings. The smallest absolute Gasteiger partial charge is 0.204 e. The monoisotopic (exact) mass is 439 g/mol. The molecule has 0 fully saturated rings. The predicted octanol–water partition coefficient (Wildman–Crippen LogP) is 6.00. The van der Waals surface area contributed by atoms with Crippen molar-refractivity contribution in [1.82, 2.24) is 4.98 Å². The molecular weight excluding hydrogens is 410 g/mol. The lowest BCUT2D eigenvalue weighted by atomic mass is 9.92. The van der Waals surface area contributed by atoms with E-state index in [0.29, 0.717) is 11.3 Å². The maximum Gasteiger partial charge on any atom is 0.204 e. The van der Waals surface area contributed by atoms with Gasteiger partial charge in [0.1, 0.15) is 0 Å². The van der Waals surface area contributed by atoms with Gasteiger partial charge in [-0.15, -0.1) is 0 Å². The van der Waals surface area contributed by atoms with Gasteiger partial charge in [0.25, 0.3) is 0 Å². The number of pyridine rings is 1. The number of nitrogens with two attached hydrogens (primary N) is 2. The lowest BCUT2D eigenvalue weighted by Crippen LogP contribution is -1.97. The Labute approximate surface area is 195 Å². The number of benzene rings is 3. The summed E-state index contributed by atoms with van der Waals surface area (Å²) in [5, 5.41) is 0. The van der Waals surface area contributed by atoms with Crippen LogP contribution in [0.3, 0.4) is 0 Å². The largest absolute Gasteiger partial charge is 0.399 e. The van der Waals surface area contributed by atoms with Crippen molar-refractivity contribution in [3.63, 3.8) is 0 Å². The van der Waals surface area contributed by atoms with E-state index in [0.717, 1.165) is 33.4 Å². The molecule has 1 aromatic heterocycles. The van der Waals surface area contributed by atoms with E-state index in [-0.39, 0.29) is 12.2 Å². The predicted molar refractivity (Wildman–Crippen MR) is 137 cm³/mol. The van der Waals surface area contributed by atoms with E-state index < -0.39 is 0 Å². The van der Waals surface area contributed by atoms with Crippen LogP contribution in [0.1, 0.15) is 31.1 Å². The van der Waals surface area contributed by atoms with Crippen LogP contribution in [-0.4, -0.2) is 17.2 Å². The zero-order valence-corrected chi connectivity index (χ0v) is 19.2. The van der Waals surface area contributed by atoms with Crippen LogP contribution >= 0.6 is 0 Å². The van der Waals surface area contributed by atoms with Crippen LogP contribution in [0.15, 0.2) is 91.3 Å². The summed E-state index contributed by atoms with van der Waals surface area (Å²) in [6.07, 6.45) is 3.89. The molecule has 33 heavy (non-hydrogen) atoms. The lowest BCUT2D eigenvalue weighted by Gasteiger charge is -2.12. The highest BCUT2D eigenvalue weighted by Crippen LogP contribution is 2.32. The summed E-state index contributed by atoms with van der Waals surface area (Å²) < 4.78 is 0. The summed E-state index contributed by atoms with van der Waals surface area (Å²) in [5.74, 6) is 0.0271. The molecule has 168 valence electrons. The summed E-state index contributed by atoms with van der Waals surface area (Å²) in [6.45, 7) is 5.59. The molecule has 1 heterocycles. The average Bonchev–Trinajstić information content (AvgIpc) is 2.86. The van der Waals surface area contributed by atoms with Crippen molar-refractivity contribution in [2.75, 3.05) is 5.73 Å². The Balaban J connectivity index is 0.000000714. The number of hydrogen-bond acceptors (Lipinski definition) is 4. The van der Waals surface area contributed by atoms with E-state index in [4.69, 9.17) is 10.5 Å². The van der Waals surface area contributed by atoms with Crippen molar-refractivity contribution in [3.8, 4) is 33.4 Å². The first-order valence-corrected chi connectivity index (χ1v) is 10.7. The summed E-state index contributed by atoms with van der Waals surface area (Å²) in [5.41, 5.74) is 17.4. The second-order valence-corrected chi connectivity index (χ2v) is 6.91. The quantitative estimate of drug-likeness (QED) is 0.232. The minimum absolute atomic E-state index is 0.0271. The molecule has 3 aromatic carbocycles. The second-order valence-electron chi connectivity index (χ2n) is 6.91. The number of anilines is 1. The maximum absolute atomic E-state index is 12.3. The van der Waals surface area contributed by atoms with E-state index in [9.17, 15) is 4.79 Å². The first kappa shape index (κ1) is 25.0. The van der Waals surface area contributed by atoms with Gasteiger partial charge in [-0.2, -0.15) is 0 Å². The number of ketones is 1. The number of nitrogen functional groups attached to an aromatic ring is 1. The van der Waals surface area contributed by atoms with Gasteiger partial charge >= 0.3 is 0 Å². The number of primary amides is 1. The van der Waals surface area contributed by atoms with Crippen LogP contribution in [0.25, 0.3) is 33.4 Å². The number of amides is 1. The average molecular weight is 440 g/mol. The van der Waals surface area contributed by atoms with Gasteiger partial charge in [-0.3, -0.25) is 14.6 Å². The molecule has 4 rings (SSSR count). The molecule has 0 spiro atoms. The number of hydrogen-bond donors (Lipinski definition) is 2.